The van der Waals surface area contributed by atoms with Gasteiger partial charge in [-0.25, -0.2) is 14.4 Å². The normalized spacial score (nSPS) is 10.6. The van der Waals surface area contributed by atoms with Crippen LogP contribution in [0.4, 0.5) is 14.4 Å². The maximum atomic E-state index is 12.9. The maximum absolute atomic E-state index is 12.9. The Morgan fingerprint density at radius 3 is 1.64 bits per heavy atom. The number of hydrogen-bond donors (Lipinski definition) is 2. The minimum atomic E-state index is -0.761. The smallest absolute Gasteiger partial charge is 0.410 e. The van der Waals surface area contributed by atoms with Gasteiger partial charge in [0.1, 0.15) is 31.9 Å². The van der Waals surface area contributed by atoms with Crippen molar-refractivity contribution >= 4 is 30.2 Å². The van der Waals surface area contributed by atoms with Crippen LogP contribution in [-0.2, 0) is 41.8 Å². The highest BCUT2D eigenvalue weighted by Gasteiger charge is 2.22. The van der Waals surface area contributed by atoms with Crippen LogP contribution in [-0.4, -0.2) is 91.4 Å². The first-order valence-corrected chi connectivity index (χ1v) is 14.3. The van der Waals surface area contributed by atoms with E-state index in [4.69, 9.17) is 18.9 Å². The Hall–Kier alpha value is -4.81. The Morgan fingerprint density at radius 1 is 0.682 bits per heavy atom. The SMILES string of the molecule is CCOC(=O)CN(CCNC(=O)CN(CCNC(=O)OC(C)(C)C)C(=O)OCc1ccccc1)C(=O)OCc1ccccc1. The molecule has 0 unspecified atom stereocenters. The fraction of sp³-hybridized carbons (Fsp3) is 0.452. The molecule has 0 fully saturated rings. The van der Waals surface area contributed by atoms with Crippen molar-refractivity contribution < 1.29 is 42.9 Å². The Morgan fingerprint density at radius 2 is 1.16 bits per heavy atom. The molecular formula is C31H42N4O9. The molecule has 44 heavy (non-hydrogen) atoms. The number of ether oxygens (including phenoxy) is 4. The molecule has 2 rings (SSSR count). The van der Waals surface area contributed by atoms with Gasteiger partial charge in [-0.3, -0.25) is 19.4 Å². The van der Waals surface area contributed by atoms with E-state index in [0.29, 0.717) is 0 Å². The van der Waals surface area contributed by atoms with Gasteiger partial charge in [-0.1, -0.05) is 60.7 Å². The van der Waals surface area contributed by atoms with Crippen molar-refractivity contribution in [3.05, 3.63) is 71.8 Å². The summed E-state index contributed by atoms with van der Waals surface area (Å²) in [4.78, 5) is 64.7. The van der Waals surface area contributed by atoms with Crippen LogP contribution in [0.15, 0.2) is 60.7 Å². The van der Waals surface area contributed by atoms with Gasteiger partial charge in [-0.2, -0.15) is 0 Å². The van der Waals surface area contributed by atoms with Crippen LogP contribution in [0.2, 0.25) is 0 Å². The number of nitrogens with one attached hydrogen (secondary N) is 2. The minimum Gasteiger partial charge on any atom is -0.465 e. The van der Waals surface area contributed by atoms with Crippen molar-refractivity contribution in [2.75, 3.05) is 45.9 Å². The van der Waals surface area contributed by atoms with E-state index in [1.54, 1.807) is 52.0 Å². The third-order valence-corrected chi connectivity index (χ3v) is 5.64. The highest BCUT2D eigenvalue weighted by molar-refractivity contribution is 5.82. The number of esters is 1. The van der Waals surface area contributed by atoms with Crippen LogP contribution < -0.4 is 10.6 Å². The van der Waals surface area contributed by atoms with E-state index < -0.39 is 35.8 Å². The summed E-state index contributed by atoms with van der Waals surface area (Å²) in [5, 5.41) is 5.18. The molecule has 0 atom stereocenters. The molecule has 2 N–H and O–H groups in total. The number of nitrogens with zero attached hydrogens (tertiary/aromatic N) is 2. The van der Waals surface area contributed by atoms with Crippen molar-refractivity contribution in [1.29, 1.82) is 0 Å². The molecule has 0 saturated heterocycles. The summed E-state index contributed by atoms with van der Waals surface area (Å²) in [6, 6.07) is 18.1. The molecule has 0 spiro atoms. The second-order valence-corrected chi connectivity index (χ2v) is 10.5. The molecule has 0 aromatic heterocycles. The molecule has 13 heteroatoms. The third kappa shape index (κ3) is 14.9. The fourth-order valence-corrected chi connectivity index (χ4v) is 3.62. The number of benzene rings is 2. The first kappa shape index (κ1) is 35.4. The first-order chi connectivity index (χ1) is 21.0. The number of amides is 4. The third-order valence-electron chi connectivity index (χ3n) is 5.64. The predicted molar refractivity (Wildman–Crippen MR) is 160 cm³/mol. The van der Waals surface area contributed by atoms with Crippen LogP contribution in [0.25, 0.3) is 0 Å². The van der Waals surface area contributed by atoms with Gasteiger partial charge in [-0.15, -0.1) is 0 Å². The predicted octanol–water partition coefficient (Wildman–Crippen LogP) is 3.47. The van der Waals surface area contributed by atoms with E-state index >= 15 is 0 Å². The van der Waals surface area contributed by atoms with Crippen LogP contribution in [0, 0.1) is 0 Å². The lowest BCUT2D eigenvalue weighted by molar-refractivity contribution is -0.144. The lowest BCUT2D eigenvalue weighted by Crippen LogP contribution is -2.47. The number of hydrogen-bond acceptors (Lipinski definition) is 9. The molecular weight excluding hydrogens is 572 g/mol. The topological polar surface area (TPSA) is 153 Å². The Bertz CT molecular complexity index is 1200. The molecule has 2 aromatic rings. The molecule has 13 nitrogen and oxygen atoms in total. The van der Waals surface area contributed by atoms with Crippen molar-refractivity contribution in [2.24, 2.45) is 0 Å². The number of alkyl carbamates (subject to hydrolysis) is 1. The van der Waals surface area contributed by atoms with Gasteiger partial charge < -0.3 is 29.6 Å². The van der Waals surface area contributed by atoms with Gasteiger partial charge in [0, 0.05) is 26.2 Å². The molecule has 0 aliphatic carbocycles. The van der Waals surface area contributed by atoms with E-state index in [0.717, 1.165) is 20.9 Å². The Balaban J connectivity index is 1.95. The monoisotopic (exact) mass is 614 g/mol. The summed E-state index contributed by atoms with van der Waals surface area (Å²) < 4.78 is 20.9. The standard InChI is InChI=1S/C31H42N4O9/c1-5-41-27(37)21-35(30(40)43-23-25-14-10-7-11-15-25)18-16-32-26(36)20-34(19-17-33-28(38)44-31(2,3)4)29(39)42-22-24-12-8-6-9-13-24/h6-15H,5,16-23H2,1-4H3,(H,32,36)(H,33,38). The molecule has 0 radical (unpaired) electrons. The zero-order valence-electron chi connectivity index (χ0n) is 25.7. The lowest BCUT2D eigenvalue weighted by Gasteiger charge is -2.24. The van der Waals surface area contributed by atoms with Crippen LogP contribution in [0.5, 0.6) is 0 Å². The van der Waals surface area contributed by atoms with Gasteiger partial charge in [0.2, 0.25) is 5.91 Å². The van der Waals surface area contributed by atoms with Gasteiger partial charge in [-0.05, 0) is 38.8 Å². The van der Waals surface area contributed by atoms with Gasteiger partial charge in [0.05, 0.1) is 6.61 Å². The van der Waals surface area contributed by atoms with E-state index in [1.807, 2.05) is 36.4 Å². The average molecular weight is 615 g/mol. The Kier molecular flexibility index (Phi) is 15.0. The largest absolute Gasteiger partial charge is 0.465 e. The summed E-state index contributed by atoms with van der Waals surface area (Å²) in [5.74, 6) is -1.17. The fourth-order valence-electron chi connectivity index (χ4n) is 3.62. The molecule has 2 aromatic carbocycles. The minimum absolute atomic E-state index is 0.00272. The van der Waals surface area contributed by atoms with Crippen molar-refractivity contribution in [2.45, 2.75) is 46.5 Å². The van der Waals surface area contributed by atoms with Crippen LogP contribution >= 0.6 is 0 Å². The summed E-state index contributed by atoms with van der Waals surface area (Å²) >= 11 is 0. The second kappa shape index (κ2) is 18.7. The van der Waals surface area contributed by atoms with Gasteiger partial charge >= 0.3 is 24.2 Å². The molecule has 4 amide bonds. The lowest BCUT2D eigenvalue weighted by atomic mass is 10.2. The number of carbonyl (C=O) groups excluding carboxylic acids is 5. The van der Waals surface area contributed by atoms with E-state index in [2.05, 4.69) is 10.6 Å². The summed E-state index contributed by atoms with van der Waals surface area (Å²) in [5.41, 5.74) is 0.830. The maximum Gasteiger partial charge on any atom is 0.410 e. The highest BCUT2D eigenvalue weighted by Crippen LogP contribution is 2.07. The van der Waals surface area contributed by atoms with Crippen molar-refractivity contribution in [1.82, 2.24) is 20.4 Å². The Labute approximate surface area is 257 Å². The molecule has 0 aliphatic rings. The van der Waals surface area contributed by atoms with Crippen molar-refractivity contribution in [3.63, 3.8) is 0 Å². The zero-order valence-corrected chi connectivity index (χ0v) is 25.7. The molecule has 0 aliphatic heterocycles. The zero-order chi connectivity index (χ0) is 32.4. The summed E-state index contributed by atoms with van der Waals surface area (Å²) in [6.45, 7) is 6.06. The van der Waals surface area contributed by atoms with E-state index in [1.165, 1.54) is 0 Å². The molecule has 0 bridgehead atoms. The van der Waals surface area contributed by atoms with Gasteiger partial charge in [0.15, 0.2) is 0 Å². The van der Waals surface area contributed by atoms with Crippen LogP contribution in [0.1, 0.15) is 38.8 Å². The highest BCUT2D eigenvalue weighted by atomic mass is 16.6. The summed E-state index contributed by atoms with van der Waals surface area (Å²) in [6.07, 6.45) is -2.18. The summed E-state index contributed by atoms with van der Waals surface area (Å²) in [7, 11) is 0. The average Bonchev–Trinajstić information content (AvgIpc) is 2.98. The first-order valence-electron chi connectivity index (χ1n) is 14.3. The molecule has 0 saturated carbocycles. The number of rotatable bonds is 15. The van der Waals surface area contributed by atoms with Crippen LogP contribution in [0.3, 0.4) is 0 Å². The molecule has 0 heterocycles. The van der Waals surface area contributed by atoms with Crippen molar-refractivity contribution in [3.8, 4) is 0 Å². The van der Waals surface area contributed by atoms with E-state index in [9.17, 15) is 24.0 Å². The quantitative estimate of drug-likeness (QED) is 0.227. The molecule has 240 valence electrons. The van der Waals surface area contributed by atoms with E-state index in [-0.39, 0.29) is 59.1 Å². The second-order valence-electron chi connectivity index (χ2n) is 10.5. The number of carbonyl (C=O) groups is 5. The van der Waals surface area contributed by atoms with Gasteiger partial charge in [0.25, 0.3) is 0 Å².